The number of nitrogens with zero attached hydrogens (tertiary/aromatic N) is 3. The highest BCUT2D eigenvalue weighted by Gasteiger charge is 2.08. The first kappa shape index (κ1) is 18.7. The quantitative estimate of drug-likeness (QED) is 0.444. The van der Waals surface area contributed by atoms with Crippen molar-refractivity contribution in [2.24, 2.45) is 0 Å². The van der Waals surface area contributed by atoms with Gasteiger partial charge < -0.3 is 34.5 Å². The molecule has 1 aromatic carbocycles. The molecule has 0 spiro atoms. The van der Waals surface area contributed by atoms with Crippen LogP contribution < -0.4 is 30.1 Å². The number of nitrogens with one attached hydrogen (secondary N) is 1. The molecule has 25 heavy (non-hydrogen) atoms. The predicted octanol–water partition coefficient (Wildman–Crippen LogP) is -2.10. The van der Waals surface area contributed by atoms with E-state index >= 15 is 0 Å². The second-order valence-electron chi connectivity index (χ2n) is 5.10. The molecule has 4 rings (SSSR count). The Morgan fingerprint density at radius 1 is 0.840 bits per heavy atom. The number of oxazole rings is 1. The molecule has 0 saturated carbocycles. The number of hydrogen-bond donors (Lipinski definition) is 1. The van der Waals surface area contributed by atoms with Crippen LogP contribution in [0.5, 0.6) is 0 Å². The van der Waals surface area contributed by atoms with Gasteiger partial charge in [-0.25, -0.2) is 4.98 Å². The third-order valence-electron chi connectivity index (χ3n) is 3.50. The Labute approximate surface area is 157 Å². The molecule has 0 aliphatic carbocycles. The lowest BCUT2D eigenvalue weighted by Crippen LogP contribution is -3.00. The molecule has 0 fully saturated rings. The molecule has 5 nitrogen and oxygen atoms in total. The largest absolute Gasteiger partial charge is 1.00 e. The summed E-state index contributed by atoms with van der Waals surface area (Å²) in [6, 6.07) is 17.5. The van der Waals surface area contributed by atoms with Gasteiger partial charge in [0.2, 0.25) is 5.89 Å². The second kappa shape index (κ2) is 8.46. The Hall–Kier alpha value is -2.63. The van der Waals surface area contributed by atoms with E-state index in [2.05, 4.69) is 20.3 Å². The van der Waals surface area contributed by atoms with E-state index in [1.165, 1.54) is 0 Å². The van der Waals surface area contributed by atoms with Gasteiger partial charge in [-0.2, -0.15) is 4.98 Å². The molecule has 0 aliphatic rings. The van der Waals surface area contributed by atoms with Crippen LogP contribution in [0.4, 0.5) is 5.69 Å². The van der Waals surface area contributed by atoms with Crippen molar-refractivity contribution in [1.29, 1.82) is 0 Å². The molecule has 0 atom stereocenters. The summed E-state index contributed by atoms with van der Waals surface area (Å²) >= 11 is 0. The summed E-state index contributed by atoms with van der Waals surface area (Å²) < 4.78 is 5.72. The van der Waals surface area contributed by atoms with E-state index in [9.17, 15) is 0 Å². The van der Waals surface area contributed by atoms with Crippen LogP contribution in [0.3, 0.4) is 0 Å². The molecular weight excluding hydrogens is 359 g/mol. The Morgan fingerprint density at radius 3 is 2.36 bits per heavy atom. The van der Waals surface area contributed by atoms with Crippen molar-refractivity contribution in [3.05, 3.63) is 72.7 Å². The van der Waals surface area contributed by atoms with E-state index in [0.717, 1.165) is 16.9 Å². The number of benzene rings is 1. The first-order valence-electron chi connectivity index (χ1n) is 7.34. The van der Waals surface area contributed by atoms with Gasteiger partial charge in [-0.15, -0.1) is 0 Å². The Balaban J connectivity index is 0.00000113. The van der Waals surface area contributed by atoms with Crippen LogP contribution in [0.15, 0.2) is 71.4 Å². The lowest BCUT2D eigenvalue weighted by molar-refractivity contribution is -0.00100. The van der Waals surface area contributed by atoms with Crippen LogP contribution in [0, 0.1) is 0 Å². The first-order valence-corrected chi connectivity index (χ1v) is 7.34. The van der Waals surface area contributed by atoms with E-state index in [1.807, 2.05) is 54.6 Å². The smallest absolute Gasteiger partial charge is 0.228 e. The standard InChI is InChI=1S/C18H14N4O.2ClH/c1-2-10-19-15(4-1)12-21-14-8-6-13(7-9-14)18-22-17-16(23-18)5-3-11-20-17;;/h1-11,21H,12H2;2*1H/p-2. The van der Waals surface area contributed by atoms with Crippen molar-refractivity contribution >= 4 is 16.9 Å². The maximum Gasteiger partial charge on any atom is 0.228 e. The van der Waals surface area contributed by atoms with E-state index in [4.69, 9.17) is 4.42 Å². The number of halogens is 2. The molecule has 0 amide bonds. The maximum atomic E-state index is 5.72. The van der Waals surface area contributed by atoms with Gasteiger partial charge in [-0.3, -0.25) is 4.98 Å². The number of hydrogen-bond acceptors (Lipinski definition) is 5. The summed E-state index contributed by atoms with van der Waals surface area (Å²) in [7, 11) is 0. The van der Waals surface area contributed by atoms with Crippen molar-refractivity contribution in [2.75, 3.05) is 5.32 Å². The fourth-order valence-corrected chi connectivity index (χ4v) is 2.32. The van der Waals surface area contributed by atoms with E-state index in [-0.39, 0.29) is 24.8 Å². The molecule has 0 unspecified atom stereocenters. The van der Waals surface area contributed by atoms with Crippen molar-refractivity contribution in [1.82, 2.24) is 15.0 Å². The Kier molecular flexibility index (Phi) is 6.33. The second-order valence-corrected chi connectivity index (χ2v) is 5.10. The van der Waals surface area contributed by atoms with Crippen molar-refractivity contribution < 1.29 is 29.2 Å². The van der Waals surface area contributed by atoms with Crippen LogP contribution >= 0.6 is 0 Å². The zero-order valence-electron chi connectivity index (χ0n) is 13.1. The summed E-state index contributed by atoms with van der Waals surface area (Å²) in [4.78, 5) is 12.9. The third-order valence-corrected chi connectivity index (χ3v) is 3.50. The lowest BCUT2D eigenvalue weighted by Gasteiger charge is -2.06. The zero-order valence-corrected chi connectivity index (χ0v) is 14.6. The highest BCUT2D eigenvalue weighted by Crippen LogP contribution is 2.24. The molecule has 0 saturated heterocycles. The average Bonchev–Trinajstić information content (AvgIpc) is 3.05. The van der Waals surface area contributed by atoms with Crippen LogP contribution in [-0.4, -0.2) is 15.0 Å². The Bertz CT molecular complexity index is 894. The molecule has 1 N–H and O–H groups in total. The molecule has 4 aromatic rings. The fraction of sp³-hybridized carbons (Fsp3) is 0.0556. The maximum absolute atomic E-state index is 5.72. The number of rotatable bonds is 4. The molecule has 3 heterocycles. The average molecular weight is 373 g/mol. The van der Waals surface area contributed by atoms with Gasteiger partial charge in [-0.05, 0) is 48.5 Å². The number of anilines is 1. The van der Waals surface area contributed by atoms with Gasteiger partial charge in [0, 0.05) is 23.6 Å². The van der Waals surface area contributed by atoms with Gasteiger partial charge in [0.15, 0.2) is 11.2 Å². The monoisotopic (exact) mass is 372 g/mol. The predicted molar refractivity (Wildman–Crippen MR) is 88.8 cm³/mol. The molecule has 7 heteroatoms. The Morgan fingerprint density at radius 2 is 1.64 bits per heavy atom. The number of pyridine rings is 2. The summed E-state index contributed by atoms with van der Waals surface area (Å²) in [5, 5.41) is 3.34. The first-order chi connectivity index (χ1) is 11.4. The minimum atomic E-state index is 0. The molecule has 3 aromatic heterocycles. The van der Waals surface area contributed by atoms with Crippen LogP contribution in [-0.2, 0) is 6.54 Å². The lowest BCUT2D eigenvalue weighted by atomic mass is 10.2. The highest BCUT2D eigenvalue weighted by molar-refractivity contribution is 5.72. The van der Waals surface area contributed by atoms with Crippen molar-refractivity contribution in [2.45, 2.75) is 6.54 Å². The minimum Gasteiger partial charge on any atom is -1.00 e. The molecule has 0 radical (unpaired) electrons. The SMILES string of the molecule is [Cl-].[Cl-].c1ccc(CNc2ccc(-c3nc4ncccc4o3)cc2)nc1. The number of fused-ring (bicyclic) bond motifs is 1. The third kappa shape index (κ3) is 4.26. The summed E-state index contributed by atoms with van der Waals surface area (Å²) in [6.07, 6.45) is 3.50. The van der Waals surface area contributed by atoms with E-state index in [1.54, 1.807) is 12.4 Å². The number of aromatic nitrogens is 3. The molecule has 0 aliphatic heterocycles. The van der Waals surface area contributed by atoms with E-state index < -0.39 is 0 Å². The fourth-order valence-electron chi connectivity index (χ4n) is 2.32. The van der Waals surface area contributed by atoms with Crippen LogP contribution in [0.1, 0.15) is 5.69 Å². The van der Waals surface area contributed by atoms with Gasteiger partial charge in [-0.1, -0.05) is 6.07 Å². The molecular formula is C18H14Cl2N4O-2. The molecule has 128 valence electrons. The van der Waals surface area contributed by atoms with E-state index in [0.29, 0.717) is 23.7 Å². The van der Waals surface area contributed by atoms with Gasteiger partial charge in [0.1, 0.15) is 0 Å². The topological polar surface area (TPSA) is 63.8 Å². The normalized spacial score (nSPS) is 9.92. The summed E-state index contributed by atoms with van der Waals surface area (Å²) in [5.74, 6) is 0.579. The van der Waals surface area contributed by atoms with Crippen molar-refractivity contribution in [3.8, 4) is 11.5 Å². The van der Waals surface area contributed by atoms with Gasteiger partial charge in [0.05, 0.1) is 12.2 Å². The van der Waals surface area contributed by atoms with Gasteiger partial charge >= 0.3 is 0 Å². The van der Waals surface area contributed by atoms with Crippen LogP contribution in [0.25, 0.3) is 22.7 Å². The van der Waals surface area contributed by atoms with Crippen molar-refractivity contribution in [3.63, 3.8) is 0 Å². The zero-order chi connectivity index (χ0) is 15.5. The van der Waals surface area contributed by atoms with Crippen LogP contribution in [0.2, 0.25) is 0 Å². The summed E-state index contributed by atoms with van der Waals surface area (Å²) in [5.41, 5.74) is 4.27. The highest BCUT2D eigenvalue weighted by atomic mass is 35.5. The minimum absolute atomic E-state index is 0. The van der Waals surface area contributed by atoms with Gasteiger partial charge in [0.25, 0.3) is 0 Å². The summed E-state index contributed by atoms with van der Waals surface area (Å²) in [6.45, 7) is 0.687. The molecule has 0 bridgehead atoms.